The lowest BCUT2D eigenvalue weighted by molar-refractivity contribution is 0.0512. The summed E-state index contributed by atoms with van der Waals surface area (Å²) in [5.41, 5.74) is 2.39. The summed E-state index contributed by atoms with van der Waals surface area (Å²) < 4.78 is 6.97. The van der Waals surface area contributed by atoms with Gasteiger partial charge in [-0.1, -0.05) is 29.3 Å². The summed E-state index contributed by atoms with van der Waals surface area (Å²) in [4.78, 5) is 40.4. The molecular formula is C23H27Cl2N3O4. The number of hydrogen-bond acceptors (Lipinski definition) is 4. The molecule has 0 saturated heterocycles. The smallest absolute Gasteiger partial charge is 0.355 e. The molecule has 9 heteroatoms. The second-order valence-electron chi connectivity index (χ2n) is 7.71. The number of amides is 2. The Labute approximate surface area is 197 Å². The summed E-state index contributed by atoms with van der Waals surface area (Å²) in [5, 5.41) is 3.38. The van der Waals surface area contributed by atoms with Crippen molar-refractivity contribution >= 4 is 46.7 Å². The average molecular weight is 480 g/mol. The second-order valence-corrected chi connectivity index (χ2v) is 8.52. The number of urea groups is 1. The first-order valence-electron chi connectivity index (χ1n) is 10.6. The van der Waals surface area contributed by atoms with Gasteiger partial charge in [0.05, 0.1) is 28.9 Å². The zero-order valence-electron chi connectivity index (χ0n) is 18.6. The molecule has 1 saturated carbocycles. The minimum atomic E-state index is -0.459. The highest BCUT2D eigenvalue weighted by atomic mass is 35.5. The van der Waals surface area contributed by atoms with Crippen molar-refractivity contribution in [1.29, 1.82) is 0 Å². The molecule has 1 aliphatic carbocycles. The van der Waals surface area contributed by atoms with Crippen molar-refractivity contribution in [3.05, 3.63) is 50.8 Å². The first-order chi connectivity index (χ1) is 15.2. The van der Waals surface area contributed by atoms with Crippen molar-refractivity contribution in [1.82, 2.24) is 9.47 Å². The largest absolute Gasteiger partial charge is 0.461 e. The summed E-state index contributed by atoms with van der Waals surface area (Å²) in [5.74, 6) is -0.691. The maximum absolute atomic E-state index is 13.3. The van der Waals surface area contributed by atoms with Gasteiger partial charge in [-0.2, -0.15) is 0 Å². The number of para-hydroxylation sites is 1. The van der Waals surface area contributed by atoms with E-state index in [1.807, 2.05) is 6.92 Å². The Balaban J connectivity index is 1.87. The van der Waals surface area contributed by atoms with E-state index in [-0.39, 0.29) is 25.0 Å². The molecule has 0 atom stereocenters. The number of ketones is 1. The number of Topliss-reactive ketones (excluding diaryl/α,β-unsaturated/α-hetero) is 1. The molecule has 2 amide bonds. The van der Waals surface area contributed by atoms with E-state index in [1.54, 1.807) is 43.5 Å². The van der Waals surface area contributed by atoms with Crippen LogP contribution in [0.15, 0.2) is 18.2 Å². The number of rotatable bonds is 8. The number of benzene rings is 1. The van der Waals surface area contributed by atoms with Gasteiger partial charge in [0.15, 0.2) is 5.78 Å². The Morgan fingerprint density at radius 1 is 1.16 bits per heavy atom. The molecule has 3 rings (SSSR count). The fourth-order valence-electron chi connectivity index (χ4n) is 3.95. The van der Waals surface area contributed by atoms with Gasteiger partial charge in [-0.05, 0) is 58.2 Å². The van der Waals surface area contributed by atoms with E-state index < -0.39 is 12.0 Å². The number of ether oxygens (including phenoxy) is 1. The molecule has 0 radical (unpaired) electrons. The minimum Gasteiger partial charge on any atom is -0.461 e. The average Bonchev–Trinajstić information content (AvgIpc) is 3.54. The molecule has 0 unspecified atom stereocenters. The van der Waals surface area contributed by atoms with E-state index in [2.05, 4.69) is 5.32 Å². The van der Waals surface area contributed by atoms with Gasteiger partial charge in [0, 0.05) is 23.8 Å². The second kappa shape index (κ2) is 9.96. The molecule has 1 aromatic carbocycles. The number of halogens is 2. The van der Waals surface area contributed by atoms with E-state index in [1.165, 1.54) is 4.90 Å². The quantitative estimate of drug-likeness (QED) is 0.400. The van der Waals surface area contributed by atoms with Crippen LogP contribution in [0, 0.1) is 13.8 Å². The van der Waals surface area contributed by atoms with Crippen molar-refractivity contribution in [2.45, 2.75) is 53.1 Å². The van der Waals surface area contributed by atoms with Gasteiger partial charge in [-0.3, -0.25) is 4.79 Å². The highest BCUT2D eigenvalue weighted by Gasteiger charge is 2.36. The normalized spacial score (nSPS) is 13.1. The van der Waals surface area contributed by atoms with Crippen LogP contribution in [0.4, 0.5) is 10.5 Å². The molecule has 32 heavy (non-hydrogen) atoms. The van der Waals surface area contributed by atoms with Gasteiger partial charge in [-0.15, -0.1) is 0 Å². The lowest BCUT2D eigenvalue weighted by Crippen LogP contribution is -2.40. The van der Waals surface area contributed by atoms with Crippen LogP contribution < -0.4 is 5.32 Å². The maximum Gasteiger partial charge on any atom is 0.355 e. The fraction of sp³-hybridized carbons (Fsp3) is 0.435. The summed E-state index contributed by atoms with van der Waals surface area (Å²) in [6.45, 7) is 7.84. The van der Waals surface area contributed by atoms with E-state index in [9.17, 15) is 14.4 Å². The maximum atomic E-state index is 13.3. The number of nitrogens with zero attached hydrogens (tertiary/aromatic N) is 2. The van der Waals surface area contributed by atoms with Crippen molar-refractivity contribution in [2.75, 3.05) is 18.5 Å². The van der Waals surface area contributed by atoms with Crippen LogP contribution in [0.2, 0.25) is 10.0 Å². The van der Waals surface area contributed by atoms with Gasteiger partial charge in [0.1, 0.15) is 5.69 Å². The van der Waals surface area contributed by atoms with Crippen LogP contribution >= 0.6 is 23.2 Å². The molecule has 7 nitrogen and oxygen atoms in total. The van der Waals surface area contributed by atoms with E-state index in [4.69, 9.17) is 27.9 Å². The lowest BCUT2D eigenvalue weighted by atomic mass is 10.1. The van der Waals surface area contributed by atoms with Gasteiger partial charge >= 0.3 is 12.0 Å². The fourth-order valence-corrected chi connectivity index (χ4v) is 4.44. The summed E-state index contributed by atoms with van der Waals surface area (Å²) in [7, 11) is 0. The highest BCUT2D eigenvalue weighted by molar-refractivity contribution is 6.39. The molecule has 0 spiro atoms. The standard InChI is InChI=1S/C23H27Cl2N3O4/c1-5-27-14(4)19(13(3)21(27)22(30)32-6-2)18(29)12-28(15-10-11-15)23(31)26-20-16(24)8-7-9-17(20)25/h7-9,15H,5-6,10-12H2,1-4H3,(H,26,31). The van der Waals surface area contributed by atoms with Crippen LogP contribution in [-0.4, -0.2) is 46.4 Å². The van der Waals surface area contributed by atoms with E-state index in [0.717, 1.165) is 12.8 Å². The Bertz CT molecular complexity index is 1040. The van der Waals surface area contributed by atoms with Crippen molar-refractivity contribution in [3.8, 4) is 0 Å². The van der Waals surface area contributed by atoms with E-state index >= 15 is 0 Å². The molecule has 172 valence electrons. The molecule has 2 aromatic rings. The zero-order valence-corrected chi connectivity index (χ0v) is 20.1. The molecule has 1 fully saturated rings. The monoisotopic (exact) mass is 479 g/mol. The van der Waals surface area contributed by atoms with Gasteiger partial charge in [0.25, 0.3) is 0 Å². The van der Waals surface area contributed by atoms with Crippen LogP contribution in [0.5, 0.6) is 0 Å². The lowest BCUT2D eigenvalue weighted by Gasteiger charge is -2.23. The summed E-state index contributed by atoms with van der Waals surface area (Å²) in [6, 6.07) is 4.48. The minimum absolute atomic E-state index is 0.0291. The van der Waals surface area contributed by atoms with Crippen LogP contribution in [0.25, 0.3) is 0 Å². The highest BCUT2D eigenvalue weighted by Crippen LogP contribution is 2.33. The Kier molecular flexibility index (Phi) is 7.51. The number of hydrogen-bond donors (Lipinski definition) is 1. The Hall–Kier alpha value is -2.51. The molecule has 0 aliphatic heterocycles. The number of esters is 1. The predicted molar refractivity (Wildman–Crippen MR) is 125 cm³/mol. The first kappa shape index (κ1) is 24.1. The topological polar surface area (TPSA) is 80.6 Å². The predicted octanol–water partition coefficient (Wildman–Crippen LogP) is 5.49. The third-order valence-corrected chi connectivity index (χ3v) is 6.22. The summed E-state index contributed by atoms with van der Waals surface area (Å²) >= 11 is 12.4. The molecule has 1 N–H and O–H groups in total. The number of aromatic nitrogens is 1. The molecular weight excluding hydrogens is 453 g/mol. The van der Waals surface area contributed by atoms with Gasteiger partial charge < -0.3 is 19.5 Å². The zero-order chi connectivity index (χ0) is 23.6. The Morgan fingerprint density at radius 2 is 1.78 bits per heavy atom. The van der Waals surface area contributed by atoms with E-state index in [0.29, 0.717) is 44.8 Å². The number of carbonyl (C=O) groups excluding carboxylic acids is 3. The van der Waals surface area contributed by atoms with Crippen molar-refractivity contribution < 1.29 is 19.1 Å². The van der Waals surface area contributed by atoms with Crippen LogP contribution in [-0.2, 0) is 11.3 Å². The molecule has 1 aromatic heterocycles. The number of nitrogens with one attached hydrogen (secondary N) is 1. The number of carbonyl (C=O) groups is 3. The van der Waals surface area contributed by atoms with Crippen molar-refractivity contribution in [3.63, 3.8) is 0 Å². The Morgan fingerprint density at radius 3 is 2.31 bits per heavy atom. The molecule has 1 aliphatic rings. The van der Waals surface area contributed by atoms with Gasteiger partial charge in [-0.25, -0.2) is 9.59 Å². The molecule has 0 bridgehead atoms. The summed E-state index contributed by atoms with van der Waals surface area (Å²) in [6.07, 6.45) is 1.64. The third kappa shape index (κ3) is 4.79. The molecule has 1 heterocycles. The van der Waals surface area contributed by atoms with Crippen LogP contribution in [0.3, 0.4) is 0 Å². The number of anilines is 1. The van der Waals surface area contributed by atoms with Gasteiger partial charge in [0.2, 0.25) is 0 Å². The third-order valence-electron chi connectivity index (χ3n) is 5.59. The first-order valence-corrected chi connectivity index (χ1v) is 11.4. The SMILES string of the molecule is CCOC(=O)c1c(C)c(C(=O)CN(C(=O)Nc2c(Cl)cccc2Cl)C2CC2)c(C)n1CC. The van der Waals surface area contributed by atoms with Crippen LogP contribution in [0.1, 0.15) is 58.8 Å². The van der Waals surface area contributed by atoms with Crippen molar-refractivity contribution in [2.24, 2.45) is 0 Å².